The minimum Gasteiger partial charge on any atom is -0.451 e. The number of furan rings is 1. The molecule has 0 atom stereocenters. The van der Waals surface area contributed by atoms with E-state index < -0.39 is 0 Å². The minimum atomic E-state index is 0.385. The minimum absolute atomic E-state index is 0.385. The van der Waals surface area contributed by atoms with Crippen molar-refractivity contribution in [2.45, 2.75) is 6.92 Å². The summed E-state index contributed by atoms with van der Waals surface area (Å²) in [6.45, 7) is 1.98. The van der Waals surface area contributed by atoms with Crippen molar-refractivity contribution in [2.24, 2.45) is 0 Å². The maximum absolute atomic E-state index is 5.83. The third kappa shape index (κ3) is 1.90. The second-order valence-electron chi connectivity index (χ2n) is 4.70. The number of aryl methyl sites for hydroxylation is 1. The normalized spacial score (nSPS) is 11.1. The lowest BCUT2D eigenvalue weighted by molar-refractivity contribution is 0.540. The van der Waals surface area contributed by atoms with Gasteiger partial charge in [-0.05, 0) is 25.1 Å². The zero-order chi connectivity index (χ0) is 14.2. The molecular formula is C16H11N3O2. The van der Waals surface area contributed by atoms with Gasteiger partial charge in [-0.15, -0.1) is 10.2 Å². The number of aromatic nitrogens is 3. The molecule has 0 aliphatic rings. The van der Waals surface area contributed by atoms with Crippen LogP contribution in [0.1, 0.15) is 5.56 Å². The SMILES string of the molecule is Cc1c(-c2nnc(-c3ccncc3)o2)oc2ccccc12. The number of rotatable bonds is 2. The molecule has 0 amide bonds. The molecule has 0 bridgehead atoms. The largest absolute Gasteiger partial charge is 0.451 e. The van der Waals surface area contributed by atoms with Crippen LogP contribution in [0.15, 0.2) is 57.6 Å². The monoisotopic (exact) mass is 277 g/mol. The summed E-state index contributed by atoms with van der Waals surface area (Å²) in [5.74, 6) is 1.45. The average molecular weight is 277 g/mol. The standard InChI is InChI=1S/C16H11N3O2/c1-10-12-4-2-3-5-13(12)20-14(10)16-19-18-15(21-16)11-6-8-17-9-7-11/h2-9H,1H3. The van der Waals surface area contributed by atoms with Gasteiger partial charge < -0.3 is 8.83 Å². The molecule has 0 aliphatic carbocycles. The van der Waals surface area contributed by atoms with Crippen molar-refractivity contribution in [3.63, 3.8) is 0 Å². The van der Waals surface area contributed by atoms with E-state index in [2.05, 4.69) is 15.2 Å². The molecule has 3 heterocycles. The van der Waals surface area contributed by atoms with E-state index in [0.29, 0.717) is 17.5 Å². The fraction of sp³-hybridized carbons (Fsp3) is 0.0625. The first-order chi connectivity index (χ1) is 10.3. The van der Waals surface area contributed by atoms with Crippen molar-refractivity contribution in [1.29, 1.82) is 0 Å². The summed E-state index contributed by atoms with van der Waals surface area (Å²) in [6.07, 6.45) is 3.37. The van der Waals surface area contributed by atoms with Gasteiger partial charge in [0.25, 0.3) is 5.89 Å². The Morgan fingerprint density at radius 3 is 2.43 bits per heavy atom. The number of fused-ring (bicyclic) bond motifs is 1. The molecule has 0 saturated carbocycles. The summed E-state index contributed by atoms with van der Waals surface area (Å²) in [4.78, 5) is 3.97. The van der Waals surface area contributed by atoms with Crippen LogP contribution in [0, 0.1) is 6.92 Å². The summed E-state index contributed by atoms with van der Waals surface area (Å²) in [7, 11) is 0. The van der Waals surface area contributed by atoms with Crippen LogP contribution in [0.5, 0.6) is 0 Å². The first-order valence-electron chi connectivity index (χ1n) is 6.55. The number of benzene rings is 1. The summed E-state index contributed by atoms with van der Waals surface area (Å²) in [5.41, 5.74) is 2.64. The van der Waals surface area contributed by atoms with Gasteiger partial charge in [0.15, 0.2) is 5.76 Å². The Labute approximate surface area is 120 Å². The van der Waals surface area contributed by atoms with E-state index in [9.17, 15) is 0 Å². The Morgan fingerprint density at radius 1 is 0.857 bits per heavy atom. The molecule has 102 valence electrons. The molecule has 5 nitrogen and oxygen atoms in total. The number of hydrogen-bond acceptors (Lipinski definition) is 5. The van der Waals surface area contributed by atoms with Gasteiger partial charge in [0, 0.05) is 28.9 Å². The van der Waals surface area contributed by atoms with Crippen molar-refractivity contribution >= 4 is 11.0 Å². The quantitative estimate of drug-likeness (QED) is 0.556. The average Bonchev–Trinajstić information content (AvgIpc) is 3.14. The zero-order valence-electron chi connectivity index (χ0n) is 11.3. The summed E-state index contributed by atoms with van der Waals surface area (Å²) in [5, 5.41) is 9.21. The van der Waals surface area contributed by atoms with Crippen molar-refractivity contribution < 1.29 is 8.83 Å². The van der Waals surface area contributed by atoms with Crippen molar-refractivity contribution in [3.8, 4) is 23.1 Å². The van der Waals surface area contributed by atoms with Gasteiger partial charge >= 0.3 is 0 Å². The fourth-order valence-electron chi connectivity index (χ4n) is 2.30. The van der Waals surface area contributed by atoms with E-state index in [4.69, 9.17) is 8.83 Å². The smallest absolute Gasteiger partial charge is 0.284 e. The summed E-state index contributed by atoms with van der Waals surface area (Å²) >= 11 is 0. The first-order valence-corrected chi connectivity index (χ1v) is 6.55. The van der Waals surface area contributed by atoms with E-state index in [1.807, 2.05) is 43.3 Å². The highest BCUT2D eigenvalue weighted by atomic mass is 16.4. The summed E-state index contributed by atoms with van der Waals surface area (Å²) < 4.78 is 11.5. The molecule has 0 saturated heterocycles. The molecule has 4 rings (SSSR count). The van der Waals surface area contributed by atoms with Gasteiger partial charge in [0.2, 0.25) is 5.89 Å². The molecule has 0 radical (unpaired) electrons. The van der Waals surface area contributed by atoms with Crippen LogP contribution >= 0.6 is 0 Å². The van der Waals surface area contributed by atoms with Crippen LogP contribution in [-0.2, 0) is 0 Å². The molecular weight excluding hydrogens is 266 g/mol. The summed E-state index contributed by atoms with van der Waals surface area (Å²) in [6, 6.07) is 11.5. The van der Waals surface area contributed by atoms with Crippen molar-refractivity contribution in [3.05, 3.63) is 54.4 Å². The highest BCUT2D eigenvalue weighted by Gasteiger charge is 2.18. The Bertz CT molecular complexity index is 910. The number of nitrogens with zero attached hydrogens (tertiary/aromatic N) is 3. The second-order valence-corrected chi connectivity index (χ2v) is 4.70. The third-order valence-corrected chi connectivity index (χ3v) is 3.39. The Morgan fingerprint density at radius 2 is 1.62 bits per heavy atom. The Balaban J connectivity index is 1.83. The second kappa shape index (κ2) is 4.56. The van der Waals surface area contributed by atoms with E-state index in [1.54, 1.807) is 12.4 Å². The maximum Gasteiger partial charge on any atom is 0.284 e. The molecule has 3 aromatic heterocycles. The lowest BCUT2D eigenvalue weighted by Crippen LogP contribution is -1.77. The van der Waals surface area contributed by atoms with Gasteiger partial charge in [0.05, 0.1) is 0 Å². The highest BCUT2D eigenvalue weighted by Crippen LogP contribution is 2.33. The molecule has 0 aliphatic heterocycles. The van der Waals surface area contributed by atoms with Crippen LogP contribution < -0.4 is 0 Å². The highest BCUT2D eigenvalue weighted by molar-refractivity contribution is 5.86. The molecule has 0 N–H and O–H groups in total. The van der Waals surface area contributed by atoms with Crippen molar-refractivity contribution in [2.75, 3.05) is 0 Å². The molecule has 1 aromatic carbocycles. The predicted molar refractivity (Wildman–Crippen MR) is 77.5 cm³/mol. The lowest BCUT2D eigenvalue weighted by atomic mass is 10.1. The fourth-order valence-corrected chi connectivity index (χ4v) is 2.30. The van der Waals surface area contributed by atoms with Gasteiger partial charge in [-0.25, -0.2) is 0 Å². The molecule has 0 unspecified atom stereocenters. The molecule has 0 spiro atoms. The van der Waals surface area contributed by atoms with Crippen LogP contribution in [0.3, 0.4) is 0 Å². The number of pyridine rings is 1. The van der Waals surface area contributed by atoms with E-state index in [-0.39, 0.29) is 0 Å². The molecule has 4 aromatic rings. The van der Waals surface area contributed by atoms with Crippen molar-refractivity contribution in [1.82, 2.24) is 15.2 Å². The van der Waals surface area contributed by atoms with Gasteiger partial charge in [-0.2, -0.15) is 0 Å². The predicted octanol–water partition coefficient (Wildman–Crippen LogP) is 3.85. The molecule has 0 fully saturated rings. The lowest BCUT2D eigenvalue weighted by Gasteiger charge is -1.92. The van der Waals surface area contributed by atoms with Gasteiger partial charge in [-0.3, -0.25) is 4.98 Å². The van der Waals surface area contributed by atoms with Gasteiger partial charge in [0.1, 0.15) is 5.58 Å². The zero-order valence-corrected chi connectivity index (χ0v) is 11.3. The van der Waals surface area contributed by atoms with Crippen LogP contribution in [0.4, 0.5) is 0 Å². The third-order valence-electron chi connectivity index (χ3n) is 3.39. The first kappa shape index (κ1) is 11.8. The maximum atomic E-state index is 5.83. The van der Waals surface area contributed by atoms with Crippen LogP contribution in [0.2, 0.25) is 0 Å². The van der Waals surface area contributed by atoms with E-state index >= 15 is 0 Å². The number of hydrogen-bond donors (Lipinski definition) is 0. The van der Waals surface area contributed by atoms with E-state index in [1.165, 1.54) is 0 Å². The Hall–Kier alpha value is -2.95. The van der Waals surface area contributed by atoms with Crippen LogP contribution in [-0.4, -0.2) is 15.2 Å². The van der Waals surface area contributed by atoms with Gasteiger partial charge in [-0.1, -0.05) is 18.2 Å². The number of para-hydroxylation sites is 1. The Kier molecular flexibility index (Phi) is 2.57. The molecule has 21 heavy (non-hydrogen) atoms. The van der Waals surface area contributed by atoms with E-state index in [0.717, 1.165) is 22.1 Å². The topological polar surface area (TPSA) is 65.0 Å². The van der Waals surface area contributed by atoms with Crippen LogP contribution in [0.25, 0.3) is 34.1 Å². The molecule has 5 heteroatoms.